The van der Waals surface area contributed by atoms with E-state index in [0.717, 1.165) is 20.1 Å². The summed E-state index contributed by atoms with van der Waals surface area (Å²) < 4.78 is 1.81. The molecule has 1 aliphatic rings. The Labute approximate surface area is 184 Å². The Balaban J connectivity index is 1.47. The Kier molecular flexibility index (Phi) is 6.01. The molecule has 1 aromatic heterocycles. The second kappa shape index (κ2) is 8.49. The summed E-state index contributed by atoms with van der Waals surface area (Å²) in [5, 5.41) is 6.13. The highest BCUT2D eigenvalue weighted by Gasteiger charge is 2.27. The van der Waals surface area contributed by atoms with E-state index < -0.39 is 0 Å². The largest absolute Gasteiger partial charge is 0.282 e. The average Bonchev–Trinajstić information content (AvgIpc) is 3.28. The molecule has 5 nitrogen and oxygen atoms in total. The summed E-state index contributed by atoms with van der Waals surface area (Å²) in [5.41, 5.74) is 10.0. The molecule has 3 N–H and O–H groups in total. The van der Waals surface area contributed by atoms with Crippen molar-refractivity contribution in [1.82, 2.24) is 16.3 Å². The van der Waals surface area contributed by atoms with Crippen molar-refractivity contribution in [3.63, 3.8) is 0 Å². The van der Waals surface area contributed by atoms with Crippen molar-refractivity contribution in [2.75, 3.05) is 6.54 Å². The molecule has 0 aliphatic carbocycles. The third kappa shape index (κ3) is 3.96. The summed E-state index contributed by atoms with van der Waals surface area (Å²) in [4.78, 5) is 13.0. The van der Waals surface area contributed by atoms with E-state index >= 15 is 0 Å². The number of rotatable bonds is 4. The molecule has 3 aromatic rings. The van der Waals surface area contributed by atoms with Gasteiger partial charge in [0.1, 0.15) is 4.88 Å². The van der Waals surface area contributed by atoms with E-state index in [-0.39, 0.29) is 17.9 Å². The standard InChI is InChI=1S/C19H15BrCl2N4OS/c20-13-2-1-3-14-15(13)16(22)18(28-14)19(27)26-24-9-11-8-23-25-17(11)10-4-6-12(21)7-5-10/h1-7,9,11,17,23,25H,8H2,(H,26,27)/b24-9+. The maximum absolute atomic E-state index is 12.5. The Bertz CT molecular complexity index is 1050. The zero-order valence-electron chi connectivity index (χ0n) is 14.4. The van der Waals surface area contributed by atoms with Crippen LogP contribution in [-0.4, -0.2) is 18.7 Å². The van der Waals surface area contributed by atoms with Gasteiger partial charge in [-0.25, -0.2) is 10.9 Å². The number of hydrazone groups is 1. The van der Waals surface area contributed by atoms with Crippen LogP contribution >= 0.6 is 50.5 Å². The average molecular weight is 498 g/mol. The van der Waals surface area contributed by atoms with E-state index in [1.807, 2.05) is 42.5 Å². The molecule has 2 aromatic carbocycles. The van der Waals surface area contributed by atoms with Crippen LogP contribution < -0.4 is 16.3 Å². The van der Waals surface area contributed by atoms with Crippen molar-refractivity contribution in [1.29, 1.82) is 0 Å². The van der Waals surface area contributed by atoms with Gasteiger partial charge < -0.3 is 0 Å². The van der Waals surface area contributed by atoms with Crippen LogP contribution in [0.3, 0.4) is 0 Å². The van der Waals surface area contributed by atoms with Crippen molar-refractivity contribution in [3.05, 3.63) is 67.4 Å². The maximum atomic E-state index is 12.5. The quantitative estimate of drug-likeness (QED) is 0.345. The van der Waals surface area contributed by atoms with Gasteiger partial charge in [0.15, 0.2) is 0 Å². The summed E-state index contributed by atoms with van der Waals surface area (Å²) >= 11 is 17.2. The Morgan fingerprint density at radius 3 is 2.79 bits per heavy atom. The minimum atomic E-state index is -0.323. The molecule has 28 heavy (non-hydrogen) atoms. The number of fused-ring (bicyclic) bond motifs is 1. The second-order valence-electron chi connectivity index (χ2n) is 6.30. The molecular weight excluding hydrogens is 483 g/mol. The number of carbonyl (C=O) groups is 1. The SMILES string of the molecule is O=C(N/N=C/C1CNNC1c1ccc(Cl)cc1)c1sc2cccc(Br)c2c1Cl. The van der Waals surface area contributed by atoms with Gasteiger partial charge in [0.2, 0.25) is 0 Å². The molecule has 0 radical (unpaired) electrons. The van der Waals surface area contributed by atoms with Crippen molar-refractivity contribution >= 4 is 72.7 Å². The van der Waals surface area contributed by atoms with Crippen molar-refractivity contribution in [3.8, 4) is 0 Å². The van der Waals surface area contributed by atoms with E-state index in [0.29, 0.717) is 21.5 Å². The van der Waals surface area contributed by atoms with Gasteiger partial charge in [-0.1, -0.05) is 57.3 Å². The van der Waals surface area contributed by atoms with E-state index in [4.69, 9.17) is 23.2 Å². The molecule has 2 unspecified atom stereocenters. The number of nitrogens with zero attached hydrogens (tertiary/aromatic N) is 1. The van der Waals surface area contributed by atoms with Crippen LogP contribution in [-0.2, 0) is 0 Å². The van der Waals surface area contributed by atoms with Crippen LogP contribution in [0.4, 0.5) is 0 Å². The van der Waals surface area contributed by atoms with E-state index in [2.05, 4.69) is 37.3 Å². The van der Waals surface area contributed by atoms with Gasteiger partial charge in [-0.05, 0) is 29.8 Å². The third-order valence-corrected chi connectivity index (χ3v) is 7.05. The molecule has 2 heterocycles. The smallest absolute Gasteiger partial charge is 0.266 e. The summed E-state index contributed by atoms with van der Waals surface area (Å²) in [6.45, 7) is 0.698. The fourth-order valence-corrected chi connectivity index (χ4v) is 5.52. The first-order chi connectivity index (χ1) is 13.5. The summed E-state index contributed by atoms with van der Waals surface area (Å²) in [7, 11) is 0. The number of thiophene rings is 1. The van der Waals surface area contributed by atoms with Crippen LogP contribution in [0.25, 0.3) is 10.1 Å². The van der Waals surface area contributed by atoms with Crippen LogP contribution in [0.2, 0.25) is 10.0 Å². The van der Waals surface area contributed by atoms with Gasteiger partial charge in [-0.2, -0.15) is 5.10 Å². The van der Waals surface area contributed by atoms with Gasteiger partial charge in [0.05, 0.1) is 11.1 Å². The summed E-state index contributed by atoms with van der Waals surface area (Å²) in [6, 6.07) is 13.4. The van der Waals surface area contributed by atoms with Gasteiger partial charge in [-0.3, -0.25) is 10.2 Å². The van der Waals surface area contributed by atoms with Crippen molar-refractivity contribution < 1.29 is 4.79 Å². The molecule has 2 atom stereocenters. The minimum absolute atomic E-state index is 0.0433. The summed E-state index contributed by atoms with van der Waals surface area (Å²) in [6.07, 6.45) is 1.74. The first-order valence-corrected chi connectivity index (χ1v) is 10.8. The Morgan fingerprint density at radius 2 is 2.04 bits per heavy atom. The van der Waals surface area contributed by atoms with E-state index in [9.17, 15) is 4.79 Å². The molecule has 1 aliphatic heterocycles. The van der Waals surface area contributed by atoms with Crippen molar-refractivity contribution in [2.24, 2.45) is 11.0 Å². The van der Waals surface area contributed by atoms with Crippen LogP contribution in [0.1, 0.15) is 21.3 Å². The predicted molar refractivity (Wildman–Crippen MR) is 119 cm³/mol. The molecule has 144 valence electrons. The highest BCUT2D eigenvalue weighted by molar-refractivity contribution is 9.10. The van der Waals surface area contributed by atoms with Gasteiger partial charge >= 0.3 is 0 Å². The molecule has 0 bridgehead atoms. The molecule has 1 saturated heterocycles. The molecule has 0 spiro atoms. The highest BCUT2D eigenvalue weighted by Crippen LogP contribution is 2.39. The zero-order valence-corrected chi connectivity index (χ0v) is 18.3. The number of hydrazine groups is 1. The maximum Gasteiger partial charge on any atom is 0.282 e. The number of halogens is 3. The second-order valence-corrected chi connectivity index (χ2v) is 9.02. The Hall–Kier alpha value is -1.48. The fraction of sp³-hybridized carbons (Fsp3) is 0.158. The van der Waals surface area contributed by atoms with Gasteiger partial charge in [0.25, 0.3) is 5.91 Å². The topological polar surface area (TPSA) is 65.5 Å². The molecule has 9 heteroatoms. The first kappa shape index (κ1) is 19.8. The van der Waals surface area contributed by atoms with Crippen molar-refractivity contribution in [2.45, 2.75) is 6.04 Å². The Morgan fingerprint density at radius 1 is 1.25 bits per heavy atom. The lowest BCUT2D eigenvalue weighted by Crippen LogP contribution is -2.25. The van der Waals surface area contributed by atoms with Crippen LogP contribution in [0.15, 0.2) is 52.0 Å². The van der Waals surface area contributed by atoms with E-state index in [1.54, 1.807) is 6.21 Å². The fourth-order valence-electron chi connectivity index (χ4n) is 3.11. The van der Waals surface area contributed by atoms with Crippen LogP contribution in [0, 0.1) is 5.92 Å². The molecule has 1 amide bonds. The lowest BCUT2D eigenvalue weighted by atomic mass is 9.96. The normalized spacial score (nSPS) is 19.5. The molecule has 0 saturated carbocycles. The van der Waals surface area contributed by atoms with Crippen LogP contribution in [0.5, 0.6) is 0 Å². The molecule has 1 fully saturated rings. The van der Waals surface area contributed by atoms with E-state index in [1.165, 1.54) is 11.3 Å². The highest BCUT2D eigenvalue weighted by atomic mass is 79.9. The first-order valence-electron chi connectivity index (χ1n) is 8.48. The van der Waals surface area contributed by atoms with Gasteiger partial charge in [0, 0.05) is 38.3 Å². The number of hydrogen-bond acceptors (Lipinski definition) is 5. The zero-order chi connectivity index (χ0) is 19.7. The number of amides is 1. The third-order valence-electron chi connectivity index (χ3n) is 4.50. The number of hydrogen-bond donors (Lipinski definition) is 3. The summed E-state index contributed by atoms with van der Waals surface area (Å²) in [5.74, 6) is -0.246. The number of benzene rings is 2. The van der Waals surface area contributed by atoms with Gasteiger partial charge in [-0.15, -0.1) is 11.3 Å². The molecular formula is C19H15BrCl2N4OS. The number of nitrogens with one attached hydrogen (secondary N) is 3. The monoisotopic (exact) mass is 496 g/mol. The lowest BCUT2D eigenvalue weighted by Gasteiger charge is -2.15. The number of carbonyl (C=O) groups excluding carboxylic acids is 1. The predicted octanol–water partition coefficient (Wildman–Crippen LogP) is 5.15. The molecule has 4 rings (SSSR count). The minimum Gasteiger partial charge on any atom is -0.266 e. The lowest BCUT2D eigenvalue weighted by molar-refractivity contribution is 0.0959.